The molecule has 6 heteroatoms. The molecular formula is C11H15FN2O3. The number of methoxy groups -OCH3 is 1. The average Bonchev–Trinajstić information content (AvgIpc) is 2.29. The molecular weight excluding hydrogens is 227 g/mol. The van der Waals surface area contributed by atoms with Gasteiger partial charge in [-0.3, -0.25) is 0 Å². The van der Waals surface area contributed by atoms with Crippen LogP contribution in [0.3, 0.4) is 0 Å². The van der Waals surface area contributed by atoms with E-state index < -0.39 is 11.8 Å². The van der Waals surface area contributed by atoms with E-state index in [1.54, 1.807) is 6.92 Å². The van der Waals surface area contributed by atoms with Gasteiger partial charge in [0, 0.05) is 11.8 Å². The predicted octanol–water partition coefficient (Wildman–Crippen LogP) is 1.34. The molecule has 0 spiro atoms. The lowest BCUT2D eigenvalue weighted by Gasteiger charge is -2.12. The number of benzene rings is 1. The Labute approximate surface area is 98.6 Å². The molecule has 94 valence electrons. The maximum absolute atomic E-state index is 13.3. The summed E-state index contributed by atoms with van der Waals surface area (Å²) in [7, 11) is 1.36. The SMILES string of the molecule is COc1ccc(NC(=O)NC(C)CO)cc1F. The number of aliphatic hydroxyl groups is 1. The molecule has 0 saturated carbocycles. The molecule has 1 aromatic rings. The van der Waals surface area contributed by atoms with Crippen LogP contribution in [0, 0.1) is 5.82 Å². The van der Waals surface area contributed by atoms with Crippen molar-refractivity contribution < 1.29 is 19.0 Å². The van der Waals surface area contributed by atoms with E-state index in [-0.39, 0.29) is 18.4 Å². The van der Waals surface area contributed by atoms with Crippen LogP contribution in [0.5, 0.6) is 5.75 Å². The Bertz CT molecular complexity index is 398. The van der Waals surface area contributed by atoms with Gasteiger partial charge in [-0.05, 0) is 19.1 Å². The first-order valence-corrected chi connectivity index (χ1v) is 5.08. The number of ether oxygens (including phenoxy) is 1. The number of amides is 2. The number of halogens is 1. The molecule has 0 aromatic heterocycles. The van der Waals surface area contributed by atoms with E-state index >= 15 is 0 Å². The first-order valence-electron chi connectivity index (χ1n) is 5.08. The van der Waals surface area contributed by atoms with Crippen LogP contribution in [-0.2, 0) is 0 Å². The monoisotopic (exact) mass is 242 g/mol. The summed E-state index contributed by atoms with van der Waals surface area (Å²) in [6.07, 6.45) is 0. The van der Waals surface area contributed by atoms with Crippen LogP contribution in [-0.4, -0.2) is 30.9 Å². The van der Waals surface area contributed by atoms with E-state index in [9.17, 15) is 9.18 Å². The molecule has 0 aliphatic carbocycles. The fraction of sp³-hybridized carbons (Fsp3) is 0.364. The summed E-state index contributed by atoms with van der Waals surface area (Å²) in [4.78, 5) is 11.4. The summed E-state index contributed by atoms with van der Waals surface area (Å²) in [5.74, 6) is -0.444. The van der Waals surface area contributed by atoms with Gasteiger partial charge < -0.3 is 20.5 Å². The van der Waals surface area contributed by atoms with Crippen molar-refractivity contribution in [3.05, 3.63) is 24.0 Å². The fourth-order valence-corrected chi connectivity index (χ4v) is 1.18. The van der Waals surface area contributed by atoms with Crippen molar-refractivity contribution in [1.29, 1.82) is 0 Å². The Morgan fingerprint density at radius 3 is 2.82 bits per heavy atom. The summed E-state index contributed by atoms with van der Waals surface area (Å²) in [5.41, 5.74) is 0.311. The molecule has 3 N–H and O–H groups in total. The molecule has 5 nitrogen and oxygen atoms in total. The molecule has 0 radical (unpaired) electrons. The van der Waals surface area contributed by atoms with Gasteiger partial charge in [0.05, 0.1) is 19.8 Å². The van der Waals surface area contributed by atoms with Crippen molar-refractivity contribution in [2.75, 3.05) is 19.0 Å². The molecule has 17 heavy (non-hydrogen) atoms. The third kappa shape index (κ3) is 3.92. The number of urea groups is 1. The summed E-state index contributed by atoms with van der Waals surface area (Å²) in [6, 6.07) is 3.22. The van der Waals surface area contributed by atoms with Crippen LogP contribution in [0.1, 0.15) is 6.92 Å². The van der Waals surface area contributed by atoms with Crippen LogP contribution in [0.25, 0.3) is 0 Å². The standard InChI is InChI=1S/C11H15FN2O3/c1-7(6-15)13-11(16)14-8-3-4-10(17-2)9(12)5-8/h3-5,7,15H,6H2,1-2H3,(H2,13,14,16). The topological polar surface area (TPSA) is 70.6 Å². The second kappa shape index (κ2) is 6.05. The minimum absolute atomic E-state index is 0.111. The quantitative estimate of drug-likeness (QED) is 0.746. The molecule has 1 unspecified atom stereocenters. The molecule has 0 saturated heterocycles. The summed E-state index contributed by atoms with van der Waals surface area (Å²) in [6.45, 7) is 1.48. The van der Waals surface area contributed by atoms with Gasteiger partial charge in [-0.15, -0.1) is 0 Å². The minimum atomic E-state index is -0.555. The van der Waals surface area contributed by atoms with Crippen molar-refractivity contribution in [3.8, 4) is 5.75 Å². The maximum atomic E-state index is 13.3. The fourth-order valence-electron chi connectivity index (χ4n) is 1.18. The number of hydrogen-bond acceptors (Lipinski definition) is 3. The second-order valence-electron chi connectivity index (χ2n) is 3.53. The van der Waals surface area contributed by atoms with Gasteiger partial charge in [0.25, 0.3) is 0 Å². The van der Waals surface area contributed by atoms with Gasteiger partial charge in [-0.25, -0.2) is 9.18 Å². The van der Waals surface area contributed by atoms with E-state index in [0.717, 1.165) is 6.07 Å². The van der Waals surface area contributed by atoms with Crippen molar-refractivity contribution >= 4 is 11.7 Å². The number of carbonyl (C=O) groups excluding carboxylic acids is 1. The highest BCUT2D eigenvalue weighted by Gasteiger charge is 2.08. The zero-order chi connectivity index (χ0) is 12.8. The van der Waals surface area contributed by atoms with E-state index in [1.807, 2.05) is 0 Å². The Morgan fingerprint density at radius 2 is 2.29 bits per heavy atom. The van der Waals surface area contributed by atoms with Gasteiger partial charge in [-0.1, -0.05) is 0 Å². The Morgan fingerprint density at radius 1 is 1.59 bits per heavy atom. The van der Waals surface area contributed by atoms with E-state index in [0.29, 0.717) is 5.69 Å². The first kappa shape index (κ1) is 13.2. The molecule has 0 aliphatic rings. The third-order valence-corrected chi connectivity index (χ3v) is 2.06. The van der Waals surface area contributed by atoms with Crippen LogP contribution in [0.4, 0.5) is 14.9 Å². The van der Waals surface area contributed by atoms with E-state index in [1.165, 1.54) is 19.2 Å². The summed E-state index contributed by atoms with van der Waals surface area (Å²) in [5, 5.41) is 13.7. The van der Waals surface area contributed by atoms with Gasteiger partial charge in [-0.2, -0.15) is 0 Å². The lowest BCUT2D eigenvalue weighted by molar-refractivity contribution is 0.229. The van der Waals surface area contributed by atoms with E-state index in [2.05, 4.69) is 10.6 Å². The average molecular weight is 242 g/mol. The van der Waals surface area contributed by atoms with Crippen LogP contribution < -0.4 is 15.4 Å². The van der Waals surface area contributed by atoms with Crippen molar-refractivity contribution in [3.63, 3.8) is 0 Å². The van der Waals surface area contributed by atoms with Crippen LogP contribution in [0.2, 0.25) is 0 Å². The summed E-state index contributed by atoms with van der Waals surface area (Å²) < 4.78 is 18.0. The number of aliphatic hydroxyl groups excluding tert-OH is 1. The smallest absolute Gasteiger partial charge is 0.319 e. The number of hydrogen-bond donors (Lipinski definition) is 3. The number of carbonyl (C=O) groups is 1. The molecule has 0 bridgehead atoms. The van der Waals surface area contributed by atoms with Crippen molar-refractivity contribution in [2.24, 2.45) is 0 Å². The summed E-state index contributed by atoms with van der Waals surface area (Å²) >= 11 is 0. The van der Waals surface area contributed by atoms with Crippen molar-refractivity contribution in [2.45, 2.75) is 13.0 Å². The lowest BCUT2D eigenvalue weighted by Crippen LogP contribution is -2.38. The van der Waals surface area contributed by atoms with Gasteiger partial charge >= 0.3 is 6.03 Å². The third-order valence-electron chi connectivity index (χ3n) is 2.06. The van der Waals surface area contributed by atoms with Crippen LogP contribution >= 0.6 is 0 Å². The number of rotatable bonds is 4. The molecule has 1 rings (SSSR count). The molecule has 0 heterocycles. The highest BCUT2D eigenvalue weighted by Crippen LogP contribution is 2.20. The van der Waals surface area contributed by atoms with Crippen LogP contribution in [0.15, 0.2) is 18.2 Å². The minimum Gasteiger partial charge on any atom is -0.494 e. The Balaban J connectivity index is 2.63. The number of nitrogens with one attached hydrogen (secondary N) is 2. The molecule has 1 atom stereocenters. The normalized spacial score (nSPS) is 11.8. The maximum Gasteiger partial charge on any atom is 0.319 e. The van der Waals surface area contributed by atoms with Gasteiger partial charge in [0.1, 0.15) is 0 Å². The second-order valence-corrected chi connectivity index (χ2v) is 3.53. The molecule has 2 amide bonds. The molecule has 0 fully saturated rings. The van der Waals surface area contributed by atoms with Gasteiger partial charge in [0.15, 0.2) is 11.6 Å². The predicted molar refractivity (Wildman–Crippen MR) is 61.7 cm³/mol. The molecule has 1 aromatic carbocycles. The largest absolute Gasteiger partial charge is 0.494 e. The zero-order valence-corrected chi connectivity index (χ0v) is 9.66. The lowest BCUT2D eigenvalue weighted by atomic mass is 10.3. The highest BCUT2D eigenvalue weighted by molar-refractivity contribution is 5.89. The Kier molecular flexibility index (Phi) is 4.71. The number of anilines is 1. The Hall–Kier alpha value is -1.82. The first-order chi connectivity index (χ1) is 8.06. The van der Waals surface area contributed by atoms with Crippen molar-refractivity contribution in [1.82, 2.24) is 5.32 Å². The molecule has 0 aliphatic heterocycles. The zero-order valence-electron chi connectivity index (χ0n) is 9.66. The van der Waals surface area contributed by atoms with Gasteiger partial charge in [0.2, 0.25) is 0 Å². The van der Waals surface area contributed by atoms with E-state index in [4.69, 9.17) is 9.84 Å². The highest BCUT2D eigenvalue weighted by atomic mass is 19.1.